The van der Waals surface area contributed by atoms with Crippen molar-refractivity contribution < 1.29 is 23.7 Å². The number of nitrogens with one attached hydrogen (secondary N) is 1. The molecule has 0 radical (unpaired) electrons. The van der Waals surface area contributed by atoms with Gasteiger partial charge in [-0.15, -0.1) is 0 Å². The van der Waals surface area contributed by atoms with E-state index in [0.29, 0.717) is 41.7 Å². The maximum absolute atomic E-state index is 12.6. The summed E-state index contributed by atoms with van der Waals surface area (Å²) in [6.45, 7) is 1.62. The standard InChI is InChI=1S/C22H28N2O5/c1-26-19-9-7-15(22(25)24-14-18-5-3-4-10-28-18)11-21(19)29-17-8-6-16(13-23)20(12-17)27-2/h6-9,11-12,18H,3-5,10,13-14,23H2,1-2H3,(H,24,25). The van der Waals surface area contributed by atoms with Gasteiger partial charge in [-0.2, -0.15) is 0 Å². The van der Waals surface area contributed by atoms with Crippen LogP contribution >= 0.6 is 0 Å². The Morgan fingerprint density at radius 3 is 2.62 bits per heavy atom. The molecule has 1 saturated heterocycles. The van der Waals surface area contributed by atoms with Crippen molar-refractivity contribution in [3.63, 3.8) is 0 Å². The number of amides is 1. The van der Waals surface area contributed by atoms with Crippen molar-refractivity contribution in [2.24, 2.45) is 5.73 Å². The molecule has 1 aliphatic heterocycles. The maximum atomic E-state index is 12.6. The van der Waals surface area contributed by atoms with Crippen LogP contribution in [-0.2, 0) is 11.3 Å². The van der Waals surface area contributed by atoms with Crippen LogP contribution in [0.15, 0.2) is 36.4 Å². The predicted molar refractivity (Wildman–Crippen MR) is 110 cm³/mol. The fraction of sp³-hybridized carbons (Fsp3) is 0.409. The minimum absolute atomic E-state index is 0.0789. The van der Waals surface area contributed by atoms with E-state index < -0.39 is 0 Å². The van der Waals surface area contributed by atoms with Crippen molar-refractivity contribution >= 4 is 5.91 Å². The molecule has 1 atom stereocenters. The normalized spacial score (nSPS) is 16.2. The van der Waals surface area contributed by atoms with Gasteiger partial charge in [0.15, 0.2) is 11.5 Å². The first-order chi connectivity index (χ1) is 14.1. The Morgan fingerprint density at radius 1 is 1.10 bits per heavy atom. The highest BCUT2D eigenvalue weighted by molar-refractivity contribution is 5.94. The molecule has 0 aromatic heterocycles. The molecule has 2 aromatic carbocycles. The Bertz CT molecular complexity index is 834. The number of rotatable bonds is 8. The molecule has 1 heterocycles. The van der Waals surface area contributed by atoms with Gasteiger partial charge in [-0.25, -0.2) is 0 Å². The van der Waals surface area contributed by atoms with Gasteiger partial charge in [-0.3, -0.25) is 4.79 Å². The summed E-state index contributed by atoms with van der Waals surface area (Å²) in [4.78, 5) is 12.6. The Morgan fingerprint density at radius 2 is 1.93 bits per heavy atom. The van der Waals surface area contributed by atoms with Crippen LogP contribution in [0, 0.1) is 0 Å². The van der Waals surface area contributed by atoms with E-state index >= 15 is 0 Å². The second-order valence-electron chi connectivity index (χ2n) is 6.84. The van der Waals surface area contributed by atoms with E-state index in [1.807, 2.05) is 6.07 Å². The number of nitrogens with two attached hydrogens (primary N) is 1. The average Bonchev–Trinajstić information content (AvgIpc) is 2.78. The molecule has 2 aromatic rings. The second kappa shape index (κ2) is 10.1. The fourth-order valence-corrected chi connectivity index (χ4v) is 3.26. The van der Waals surface area contributed by atoms with Crippen molar-refractivity contribution in [1.29, 1.82) is 0 Å². The molecule has 3 N–H and O–H groups in total. The number of hydrogen-bond donors (Lipinski definition) is 2. The Labute approximate surface area is 171 Å². The molecule has 7 heteroatoms. The average molecular weight is 400 g/mol. The van der Waals surface area contributed by atoms with Crippen molar-refractivity contribution in [1.82, 2.24) is 5.32 Å². The third kappa shape index (κ3) is 5.40. The van der Waals surface area contributed by atoms with Gasteiger partial charge in [0.2, 0.25) is 0 Å². The van der Waals surface area contributed by atoms with E-state index in [0.717, 1.165) is 31.4 Å². The highest BCUT2D eigenvalue weighted by Crippen LogP contribution is 2.34. The molecule has 0 bridgehead atoms. The highest BCUT2D eigenvalue weighted by atomic mass is 16.5. The van der Waals surface area contributed by atoms with Gasteiger partial charge in [-0.05, 0) is 43.5 Å². The number of ether oxygens (including phenoxy) is 4. The van der Waals surface area contributed by atoms with Gasteiger partial charge < -0.3 is 30.0 Å². The molecular formula is C22H28N2O5. The predicted octanol–water partition coefficient (Wildman–Crippen LogP) is 3.25. The quantitative estimate of drug-likeness (QED) is 0.707. The van der Waals surface area contributed by atoms with E-state index in [1.54, 1.807) is 44.6 Å². The van der Waals surface area contributed by atoms with E-state index in [2.05, 4.69) is 5.32 Å². The van der Waals surface area contributed by atoms with Gasteiger partial charge in [-0.1, -0.05) is 6.07 Å². The molecule has 1 unspecified atom stereocenters. The third-order valence-corrected chi connectivity index (χ3v) is 4.90. The SMILES string of the molecule is COc1cc(Oc2cc(C(=O)NCC3CCCCO3)ccc2OC)ccc1CN. The lowest BCUT2D eigenvalue weighted by molar-refractivity contribution is 0.0169. The monoisotopic (exact) mass is 400 g/mol. The summed E-state index contributed by atoms with van der Waals surface area (Å²) < 4.78 is 22.4. The largest absolute Gasteiger partial charge is 0.496 e. The van der Waals surface area contributed by atoms with Gasteiger partial charge in [0.25, 0.3) is 5.91 Å². The van der Waals surface area contributed by atoms with Crippen LogP contribution in [0.4, 0.5) is 0 Å². The van der Waals surface area contributed by atoms with E-state index in [1.165, 1.54) is 0 Å². The Hall–Kier alpha value is -2.77. The van der Waals surface area contributed by atoms with Gasteiger partial charge in [0.05, 0.1) is 20.3 Å². The molecule has 0 spiro atoms. The minimum atomic E-state index is -0.178. The molecule has 1 amide bonds. The van der Waals surface area contributed by atoms with Gasteiger partial charge >= 0.3 is 0 Å². The van der Waals surface area contributed by atoms with E-state index in [4.69, 9.17) is 24.7 Å². The van der Waals surface area contributed by atoms with Crippen LogP contribution in [-0.4, -0.2) is 39.4 Å². The summed E-state index contributed by atoms with van der Waals surface area (Å²) in [6.07, 6.45) is 3.27. The summed E-state index contributed by atoms with van der Waals surface area (Å²) >= 11 is 0. The zero-order chi connectivity index (χ0) is 20.6. The lowest BCUT2D eigenvalue weighted by Gasteiger charge is -2.22. The first kappa shape index (κ1) is 21.0. The summed E-state index contributed by atoms with van der Waals surface area (Å²) in [5, 5.41) is 2.94. The number of carbonyl (C=O) groups excluding carboxylic acids is 1. The zero-order valence-electron chi connectivity index (χ0n) is 16.9. The summed E-state index contributed by atoms with van der Waals surface area (Å²) in [7, 11) is 3.14. The van der Waals surface area contributed by atoms with Crippen molar-refractivity contribution in [3.05, 3.63) is 47.5 Å². The molecule has 156 valence electrons. The first-order valence-electron chi connectivity index (χ1n) is 9.77. The van der Waals surface area contributed by atoms with Crippen molar-refractivity contribution in [2.45, 2.75) is 31.9 Å². The van der Waals surface area contributed by atoms with Crippen LogP contribution in [0.3, 0.4) is 0 Å². The second-order valence-corrected chi connectivity index (χ2v) is 6.84. The molecule has 1 aliphatic rings. The maximum Gasteiger partial charge on any atom is 0.251 e. The van der Waals surface area contributed by atoms with Crippen molar-refractivity contribution in [2.75, 3.05) is 27.4 Å². The van der Waals surface area contributed by atoms with Crippen LogP contribution in [0.25, 0.3) is 0 Å². The summed E-state index contributed by atoms with van der Waals surface area (Å²) in [6, 6.07) is 10.5. The third-order valence-electron chi connectivity index (χ3n) is 4.90. The van der Waals surface area contributed by atoms with Gasteiger partial charge in [0, 0.05) is 36.9 Å². The Kier molecular flexibility index (Phi) is 7.32. The zero-order valence-corrected chi connectivity index (χ0v) is 16.9. The molecule has 7 nitrogen and oxygen atoms in total. The topological polar surface area (TPSA) is 92.0 Å². The molecule has 0 aliphatic carbocycles. The lowest BCUT2D eigenvalue weighted by atomic mass is 10.1. The van der Waals surface area contributed by atoms with Crippen LogP contribution in [0.1, 0.15) is 35.2 Å². The summed E-state index contributed by atoms with van der Waals surface area (Å²) in [5.74, 6) is 1.99. The Balaban J connectivity index is 1.73. The van der Waals surface area contributed by atoms with Crippen LogP contribution in [0.2, 0.25) is 0 Å². The summed E-state index contributed by atoms with van der Waals surface area (Å²) in [5.41, 5.74) is 7.08. The smallest absolute Gasteiger partial charge is 0.251 e. The van der Waals surface area contributed by atoms with E-state index in [-0.39, 0.29) is 12.0 Å². The molecule has 3 rings (SSSR count). The number of carbonyl (C=O) groups is 1. The number of benzene rings is 2. The number of methoxy groups -OCH3 is 2. The molecule has 29 heavy (non-hydrogen) atoms. The van der Waals surface area contributed by atoms with E-state index in [9.17, 15) is 4.79 Å². The van der Waals surface area contributed by atoms with Gasteiger partial charge in [0.1, 0.15) is 11.5 Å². The minimum Gasteiger partial charge on any atom is -0.496 e. The fourth-order valence-electron chi connectivity index (χ4n) is 3.26. The first-order valence-corrected chi connectivity index (χ1v) is 9.77. The molecule has 1 fully saturated rings. The lowest BCUT2D eigenvalue weighted by Crippen LogP contribution is -2.35. The van der Waals surface area contributed by atoms with Crippen molar-refractivity contribution in [3.8, 4) is 23.0 Å². The molecular weight excluding hydrogens is 372 g/mol. The number of hydrogen-bond acceptors (Lipinski definition) is 6. The van der Waals surface area contributed by atoms with Crippen LogP contribution in [0.5, 0.6) is 23.0 Å². The molecule has 0 saturated carbocycles. The highest BCUT2D eigenvalue weighted by Gasteiger charge is 2.17. The van der Waals surface area contributed by atoms with Crippen LogP contribution < -0.4 is 25.3 Å².